The van der Waals surface area contributed by atoms with E-state index in [4.69, 9.17) is 0 Å². The van der Waals surface area contributed by atoms with E-state index in [2.05, 4.69) is 9.71 Å². The number of aromatic nitrogens is 2. The number of imidazole rings is 1. The maximum absolute atomic E-state index is 12.8. The molecule has 0 radical (unpaired) electrons. The van der Waals surface area contributed by atoms with E-state index in [1.807, 2.05) is 66.2 Å². The summed E-state index contributed by atoms with van der Waals surface area (Å²) in [5.41, 5.74) is 4.59. The molecule has 2 heterocycles. The molecule has 0 aliphatic heterocycles. The summed E-state index contributed by atoms with van der Waals surface area (Å²) in [5.74, 6) is 0. The van der Waals surface area contributed by atoms with Crippen molar-refractivity contribution < 1.29 is 8.42 Å². The number of sulfonamides is 1. The summed E-state index contributed by atoms with van der Waals surface area (Å²) < 4.78 is 30.3. The fourth-order valence-corrected chi connectivity index (χ4v) is 4.40. The van der Waals surface area contributed by atoms with Gasteiger partial charge in [-0.2, -0.15) is 0 Å². The fraction of sp³-hybridized carbons (Fsp3) is 0.0952. The summed E-state index contributed by atoms with van der Waals surface area (Å²) in [6, 6.07) is 18.5. The van der Waals surface area contributed by atoms with Gasteiger partial charge in [0.25, 0.3) is 10.0 Å². The van der Waals surface area contributed by atoms with E-state index in [0.29, 0.717) is 16.1 Å². The Hall–Kier alpha value is -3.12. The minimum Gasteiger partial charge on any atom is -0.306 e. The third-order valence-electron chi connectivity index (χ3n) is 4.41. The molecule has 0 bridgehead atoms. The molecular formula is C21H19N3O2S. The van der Waals surface area contributed by atoms with Crippen LogP contribution in [-0.2, 0) is 10.0 Å². The van der Waals surface area contributed by atoms with Crippen molar-refractivity contribution in [3.05, 3.63) is 84.2 Å². The van der Waals surface area contributed by atoms with Gasteiger partial charge in [0.2, 0.25) is 0 Å². The predicted octanol–water partition coefficient (Wildman–Crippen LogP) is 4.42. The lowest BCUT2D eigenvalue weighted by molar-refractivity contribution is 0.600. The van der Waals surface area contributed by atoms with Gasteiger partial charge < -0.3 is 4.40 Å². The van der Waals surface area contributed by atoms with Crippen molar-refractivity contribution in [2.45, 2.75) is 18.7 Å². The van der Waals surface area contributed by atoms with Crippen LogP contribution >= 0.6 is 0 Å². The molecule has 0 aliphatic carbocycles. The molecule has 4 rings (SSSR count). The van der Waals surface area contributed by atoms with Gasteiger partial charge in [0, 0.05) is 23.6 Å². The molecule has 6 heteroatoms. The second-order valence-corrected chi connectivity index (χ2v) is 8.20. The van der Waals surface area contributed by atoms with Gasteiger partial charge in [-0.15, -0.1) is 0 Å². The molecule has 27 heavy (non-hydrogen) atoms. The number of pyridine rings is 1. The molecule has 0 spiro atoms. The second-order valence-electron chi connectivity index (χ2n) is 6.55. The first-order valence-electron chi connectivity index (χ1n) is 8.57. The van der Waals surface area contributed by atoms with Crippen molar-refractivity contribution in [3.8, 4) is 11.3 Å². The van der Waals surface area contributed by atoms with Crippen molar-refractivity contribution in [2.75, 3.05) is 4.72 Å². The first-order valence-corrected chi connectivity index (χ1v) is 10.0. The van der Waals surface area contributed by atoms with Crippen LogP contribution in [-0.4, -0.2) is 17.8 Å². The van der Waals surface area contributed by atoms with Gasteiger partial charge in [0.15, 0.2) is 0 Å². The minimum atomic E-state index is -3.67. The standard InChI is InChI=1S/C21H19N3O2S/c1-15-9-10-16(2)20(12-15)27(25,26)23-18-7-5-6-17(13-18)19-14-24-11-4-3-8-21(24)22-19/h3-14,23H,1-2H3. The summed E-state index contributed by atoms with van der Waals surface area (Å²) >= 11 is 0. The number of aryl methyl sites for hydroxylation is 2. The monoisotopic (exact) mass is 377 g/mol. The Labute approximate surface area is 158 Å². The predicted molar refractivity (Wildman–Crippen MR) is 107 cm³/mol. The van der Waals surface area contributed by atoms with Gasteiger partial charge in [-0.05, 0) is 55.3 Å². The Morgan fingerprint density at radius 2 is 1.81 bits per heavy atom. The number of hydrogen-bond acceptors (Lipinski definition) is 3. The van der Waals surface area contributed by atoms with Crippen LogP contribution in [0.25, 0.3) is 16.9 Å². The van der Waals surface area contributed by atoms with Gasteiger partial charge in [-0.25, -0.2) is 13.4 Å². The lowest BCUT2D eigenvalue weighted by Crippen LogP contribution is -2.14. The zero-order valence-electron chi connectivity index (χ0n) is 15.0. The highest BCUT2D eigenvalue weighted by atomic mass is 32.2. The fourth-order valence-electron chi connectivity index (χ4n) is 3.02. The number of fused-ring (bicyclic) bond motifs is 1. The largest absolute Gasteiger partial charge is 0.306 e. The Bertz CT molecular complexity index is 1210. The number of nitrogens with one attached hydrogen (secondary N) is 1. The Balaban J connectivity index is 1.69. The third-order valence-corrected chi connectivity index (χ3v) is 5.93. The van der Waals surface area contributed by atoms with Crippen molar-refractivity contribution >= 4 is 21.4 Å². The van der Waals surface area contributed by atoms with Gasteiger partial charge in [-0.1, -0.05) is 30.3 Å². The molecule has 0 fully saturated rings. The summed E-state index contributed by atoms with van der Waals surface area (Å²) in [6.45, 7) is 3.67. The van der Waals surface area contributed by atoms with E-state index >= 15 is 0 Å². The molecule has 136 valence electrons. The van der Waals surface area contributed by atoms with Crippen LogP contribution in [0.3, 0.4) is 0 Å². The first kappa shape index (κ1) is 17.3. The topological polar surface area (TPSA) is 63.5 Å². The number of nitrogens with zero attached hydrogens (tertiary/aromatic N) is 2. The van der Waals surface area contributed by atoms with Crippen LogP contribution in [0.2, 0.25) is 0 Å². The Morgan fingerprint density at radius 3 is 2.63 bits per heavy atom. The molecule has 1 N–H and O–H groups in total. The summed E-state index contributed by atoms with van der Waals surface area (Å²) in [4.78, 5) is 4.88. The maximum Gasteiger partial charge on any atom is 0.262 e. The maximum atomic E-state index is 12.8. The average Bonchev–Trinajstić information content (AvgIpc) is 3.08. The van der Waals surface area contributed by atoms with Crippen LogP contribution in [0, 0.1) is 13.8 Å². The summed E-state index contributed by atoms with van der Waals surface area (Å²) in [7, 11) is -3.67. The molecule has 4 aromatic rings. The van der Waals surface area contributed by atoms with E-state index in [0.717, 1.165) is 22.5 Å². The van der Waals surface area contributed by atoms with Crippen molar-refractivity contribution in [1.29, 1.82) is 0 Å². The first-order chi connectivity index (χ1) is 12.9. The van der Waals surface area contributed by atoms with Crippen LogP contribution in [0.1, 0.15) is 11.1 Å². The summed E-state index contributed by atoms with van der Waals surface area (Å²) in [6.07, 6.45) is 3.85. The third kappa shape index (κ3) is 3.44. The quantitative estimate of drug-likeness (QED) is 0.573. The molecular weight excluding hydrogens is 358 g/mol. The average molecular weight is 377 g/mol. The van der Waals surface area contributed by atoms with E-state index in [9.17, 15) is 8.42 Å². The summed E-state index contributed by atoms with van der Waals surface area (Å²) in [5, 5.41) is 0. The lowest BCUT2D eigenvalue weighted by Gasteiger charge is -2.11. The number of hydrogen-bond donors (Lipinski definition) is 1. The molecule has 2 aromatic heterocycles. The SMILES string of the molecule is Cc1ccc(C)c(S(=O)(=O)Nc2cccc(-c3cn4ccccc4n3)c2)c1. The van der Waals surface area contributed by atoms with Gasteiger partial charge in [0.05, 0.1) is 10.6 Å². The van der Waals surface area contributed by atoms with Gasteiger partial charge in [0.1, 0.15) is 5.65 Å². The highest BCUT2D eigenvalue weighted by Crippen LogP contribution is 2.25. The van der Waals surface area contributed by atoms with Crippen molar-refractivity contribution in [3.63, 3.8) is 0 Å². The van der Waals surface area contributed by atoms with E-state index in [-0.39, 0.29) is 0 Å². The number of benzene rings is 2. The Kier molecular flexibility index (Phi) is 4.20. The van der Waals surface area contributed by atoms with E-state index in [1.54, 1.807) is 25.1 Å². The number of anilines is 1. The minimum absolute atomic E-state index is 0.292. The van der Waals surface area contributed by atoms with Crippen molar-refractivity contribution in [1.82, 2.24) is 9.38 Å². The molecule has 0 unspecified atom stereocenters. The van der Waals surface area contributed by atoms with Crippen LogP contribution in [0.5, 0.6) is 0 Å². The zero-order valence-corrected chi connectivity index (χ0v) is 15.9. The van der Waals surface area contributed by atoms with E-state index < -0.39 is 10.0 Å². The highest BCUT2D eigenvalue weighted by molar-refractivity contribution is 7.92. The molecule has 0 saturated carbocycles. The van der Waals surface area contributed by atoms with E-state index in [1.165, 1.54) is 0 Å². The highest BCUT2D eigenvalue weighted by Gasteiger charge is 2.17. The molecule has 2 aromatic carbocycles. The lowest BCUT2D eigenvalue weighted by atomic mass is 10.1. The van der Waals surface area contributed by atoms with Gasteiger partial charge >= 0.3 is 0 Å². The van der Waals surface area contributed by atoms with Gasteiger partial charge in [-0.3, -0.25) is 4.72 Å². The smallest absolute Gasteiger partial charge is 0.262 e. The second kappa shape index (κ2) is 6.55. The normalized spacial score (nSPS) is 11.6. The molecule has 0 amide bonds. The Morgan fingerprint density at radius 1 is 0.963 bits per heavy atom. The molecule has 0 atom stereocenters. The van der Waals surface area contributed by atoms with Crippen LogP contribution < -0.4 is 4.72 Å². The molecule has 0 saturated heterocycles. The number of rotatable bonds is 4. The molecule has 5 nitrogen and oxygen atoms in total. The van der Waals surface area contributed by atoms with Crippen LogP contribution in [0.15, 0.2) is 78.0 Å². The zero-order chi connectivity index (χ0) is 19.0. The van der Waals surface area contributed by atoms with Crippen LogP contribution in [0.4, 0.5) is 5.69 Å². The van der Waals surface area contributed by atoms with Crippen molar-refractivity contribution in [2.24, 2.45) is 0 Å². The molecule has 0 aliphatic rings.